The van der Waals surface area contributed by atoms with E-state index in [1.807, 2.05) is 0 Å². The smallest absolute Gasteiger partial charge is 0.277 e. The van der Waals surface area contributed by atoms with Gasteiger partial charge in [0, 0.05) is 5.56 Å². The van der Waals surface area contributed by atoms with Crippen molar-refractivity contribution in [2.45, 2.75) is 37.8 Å². The Kier molecular flexibility index (Phi) is 5.86. The zero-order valence-electron chi connectivity index (χ0n) is 10.9. The highest BCUT2D eigenvalue weighted by atomic mass is 35.5. The van der Waals surface area contributed by atoms with Crippen molar-refractivity contribution in [3.63, 3.8) is 0 Å². The highest BCUT2D eigenvalue weighted by Gasteiger charge is 2.32. The molecule has 1 fully saturated rings. The molecule has 20 heavy (non-hydrogen) atoms. The van der Waals surface area contributed by atoms with E-state index in [0.29, 0.717) is 0 Å². The van der Waals surface area contributed by atoms with Gasteiger partial charge in [0.1, 0.15) is 5.82 Å². The van der Waals surface area contributed by atoms with Gasteiger partial charge in [-0.15, -0.1) is 12.4 Å². The molecule has 1 aliphatic rings. The minimum atomic E-state index is -0.857. The van der Waals surface area contributed by atoms with Gasteiger partial charge in [-0.3, -0.25) is 10.1 Å². The largest absolute Gasteiger partial charge is 0.391 e. The fraction of sp³-hybridized carbons (Fsp3) is 0.538. The Labute approximate surface area is 122 Å². The molecule has 0 aliphatic heterocycles. The van der Waals surface area contributed by atoms with Gasteiger partial charge in [0.15, 0.2) is 0 Å². The summed E-state index contributed by atoms with van der Waals surface area (Å²) in [6, 6.07) is 2.40. The third-order valence-corrected chi connectivity index (χ3v) is 3.80. The quantitative estimate of drug-likeness (QED) is 0.661. The Balaban J connectivity index is 0.00000200. The molecule has 5 nitrogen and oxygen atoms in total. The first-order valence-electron chi connectivity index (χ1n) is 6.38. The summed E-state index contributed by atoms with van der Waals surface area (Å²) in [6.45, 7) is 0. The van der Waals surface area contributed by atoms with Gasteiger partial charge in [-0.2, -0.15) is 0 Å². The molecule has 0 amide bonds. The molecule has 2 atom stereocenters. The number of hydrogen-bond donors (Lipinski definition) is 2. The Bertz CT molecular complexity index is 481. The van der Waals surface area contributed by atoms with E-state index in [-0.39, 0.29) is 29.6 Å². The highest BCUT2D eigenvalue weighted by Crippen LogP contribution is 2.35. The average Bonchev–Trinajstić information content (AvgIpc) is 2.90. The molecule has 0 unspecified atom stereocenters. The number of nitro benzene ring substituents is 1. The van der Waals surface area contributed by atoms with Crippen molar-refractivity contribution >= 4 is 18.1 Å². The number of aliphatic hydroxyl groups excluding tert-OH is 1. The number of benzene rings is 1. The van der Waals surface area contributed by atoms with Gasteiger partial charge >= 0.3 is 0 Å². The van der Waals surface area contributed by atoms with Gasteiger partial charge in [0.2, 0.25) is 0 Å². The average molecular weight is 305 g/mol. The number of halogens is 2. The van der Waals surface area contributed by atoms with E-state index in [2.05, 4.69) is 0 Å². The van der Waals surface area contributed by atoms with E-state index >= 15 is 0 Å². The zero-order chi connectivity index (χ0) is 14.0. The van der Waals surface area contributed by atoms with Crippen LogP contribution in [0.25, 0.3) is 0 Å². The van der Waals surface area contributed by atoms with Crippen molar-refractivity contribution < 1.29 is 14.4 Å². The van der Waals surface area contributed by atoms with Crippen LogP contribution in [0, 0.1) is 21.8 Å². The van der Waals surface area contributed by atoms with Crippen molar-refractivity contribution in [2.75, 3.05) is 0 Å². The second-order valence-corrected chi connectivity index (χ2v) is 5.02. The van der Waals surface area contributed by atoms with Gasteiger partial charge < -0.3 is 10.8 Å². The molecule has 0 aromatic heterocycles. The number of rotatable bonds is 4. The molecular formula is C13H18ClFN2O3. The lowest BCUT2D eigenvalue weighted by molar-refractivity contribution is -0.386. The fourth-order valence-electron chi connectivity index (χ4n) is 2.73. The Morgan fingerprint density at radius 2 is 2.00 bits per heavy atom. The second-order valence-electron chi connectivity index (χ2n) is 5.02. The standard InChI is InChI=1S/C13H17FN2O3.ClH/c14-9-5-6-10(11(7-9)16(18)19)12(15)13(17)8-3-1-2-4-8;/h5-8,12-13,17H,1-4,15H2;1H/t12-,13+;/m0./s1. The zero-order valence-corrected chi connectivity index (χ0v) is 11.7. The summed E-state index contributed by atoms with van der Waals surface area (Å²) in [4.78, 5) is 10.3. The Morgan fingerprint density at radius 3 is 2.55 bits per heavy atom. The number of hydrogen-bond acceptors (Lipinski definition) is 4. The van der Waals surface area contributed by atoms with Gasteiger partial charge in [-0.25, -0.2) is 4.39 Å². The van der Waals surface area contributed by atoms with Crippen LogP contribution in [-0.4, -0.2) is 16.1 Å². The SMILES string of the molecule is Cl.N[C@@H](c1ccc(F)cc1[N+](=O)[O-])[C@H](O)C1CCCC1. The van der Waals surface area contributed by atoms with Crippen molar-refractivity contribution in [2.24, 2.45) is 11.7 Å². The molecule has 1 saturated carbocycles. The van der Waals surface area contributed by atoms with Crippen LogP contribution in [0.3, 0.4) is 0 Å². The molecule has 0 saturated heterocycles. The van der Waals surface area contributed by atoms with E-state index in [0.717, 1.165) is 37.8 Å². The third kappa shape index (κ3) is 3.45. The van der Waals surface area contributed by atoms with Crippen LogP contribution in [0.2, 0.25) is 0 Å². The molecule has 7 heteroatoms. The molecule has 0 spiro atoms. The van der Waals surface area contributed by atoms with Crippen LogP contribution in [-0.2, 0) is 0 Å². The van der Waals surface area contributed by atoms with Crippen LogP contribution in [0.5, 0.6) is 0 Å². The molecule has 0 radical (unpaired) electrons. The van der Waals surface area contributed by atoms with Crippen LogP contribution in [0.15, 0.2) is 18.2 Å². The van der Waals surface area contributed by atoms with Crippen LogP contribution < -0.4 is 5.73 Å². The molecule has 112 valence electrons. The van der Waals surface area contributed by atoms with Crippen LogP contribution in [0.4, 0.5) is 10.1 Å². The van der Waals surface area contributed by atoms with Gasteiger partial charge in [-0.05, 0) is 30.9 Å². The Hall–Kier alpha value is -1.24. The van der Waals surface area contributed by atoms with Gasteiger partial charge in [-0.1, -0.05) is 12.8 Å². The minimum Gasteiger partial charge on any atom is -0.391 e. The number of aliphatic hydroxyl groups is 1. The maximum atomic E-state index is 13.1. The Morgan fingerprint density at radius 1 is 1.40 bits per heavy atom. The number of nitrogens with two attached hydrogens (primary N) is 1. The highest BCUT2D eigenvalue weighted by molar-refractivity contribution is 5.85. The van der Waals surface area contributed by atoms with Crippen molar-refractivity contribution in [3.05, 3.63) is 39.7 Å². The molecule has 2 rings (SSSR count). The number of nitro groups is 1. The molecule has 3 N–H and O–H groups in total. The maximum Gasteiger partial charge on any atom is 0.277 e. The van der Waals surface area contributed by atoms with E-state index in [4.69, 9.17) is 5.73 Å². The molecule has 1 aromatic carbocycles. The van der Waals surface area contributed by atoms with Gasteiger partial charge in [0.25, 0.3) is 5.69 Å². The van der Waals surface area contributed by atoms with Crippen LogP contribution >= 0.6 is 12.4 Å². The summed E-state index contributed by atoms with van der Waals surface area (Å²) in [5, 5.41) is 21.1. The summed E-state index contributed by atoms with van der Waals surface area (Å²) in [5.41, 5.74) is 5.75. The van der Waals surface area contributed by atoms with Crippen LogP contribution in [0.1, 0.15) is 37.3 Å². The summed E-state index contributed by atoms with van der Waals surface area (Å²) in [5.74, 6) is -0.613. The predicted octanol–water partition coefficient (Wildman–Crippen LogP) is 2.71. The lowest BCUT2D eigenvalue weighted by Gasteiger charge is -2.24. The summed E-state index contributed by atoms with van der Waals surface area (Å²) in [7, 11) is 0. The van der Waals surface area contributed by atoms with Crippen molar-refractivity contribution in [1.29, 1.82) is 0 Å². The minimum absolute atomic E-state index is 0. The second kappa shape index (κ2) is 6.97. The van der Waals surface area contributed by atoms with Crippen molar-refractivity contribution in [1.82, 2.24) is 0 Å². The first kappa shape index (κ1) is 16.8. The van der Waals surface area contributed by atoms with E-state index in [1.165, 1.54) is 6.07 Å². The lowest BCUT2D eigenvalue weighted by atomic mass is 9.90. The van der Waals surface area contributed by atoms with E-state index in [1.54, 1.807) is 0 Å². The summed E-state index contributed by atoms with van der Waals surface area (Å²) < 4.78 is 13.1. The first-order chi connectivity index (χ1) is 9.00. The molecule has 0 heterocycles. The van der Waals surface area contributed by atoms with Crippen molar-refractivity contribution in [3.8, 4) is 0 Å². The maximum absolute atomic E-state index is 13.1. The molecular weight excluding hydrogens is 287 g/mol. The molecule has 1 aromatic rings. The summed E-state index contributed by atoms with van der Waals surface area (Å²) >= 11 is 0. The normalized spacial score (nSPS) is 18.4. The molecule has 0 bridgehead atoms. The molecule has 1 aliphatic carbocycles. The van der Waals surface area contributed by atoms with Gasteiger partial charge in [0.05, 0.1) is 23.1 Å². The third-order valence-electron chi connectivity index (χ3n) is 3.80. The number of nitrogens with zero attached hydrogens (tertiary/aromatic N) is 1. The predicted molar refractivity (Wildman–Crippen MR) is 75.2 cm³/mol. The van der Waals surface area contributed by atoms with E-state index in [9.17, 15) is 19.6 Å². The van der Waals surface area contributed by atoms with E-state index < -0.39 is 22.9 Å². The summed E-state index contributed by atoms with van der Waals surface area (Å²) in [6.07, 6.45) is 3.01. The lowest BCUT2D eigenvalue weighted by Crippen LogP contribution is -2.32. The first-order valence-corrected chi connectivity index (χ1v) is 6.38. The fourth-order valence-corrected chi connectivity index (χ4v) is 2.73. The monoisotopic (exact) mass is 304 g/mol. The topological polar surface area (TPSA) is 89.4 Å².